The van der Waals surface area contributed by atoms with Crippen molar-refractivity contribution >= 4 is 23.2 Å². The van der Waals surface area contributed by atoms with Gasteiger partial charge in [0.25, 0.3) is 5.91 Å². The molecule has 0 bridgehead atoms. The molecule has 4 rings (SSSR count). The number of aromatic nitrogens is 1. The lowest BCUT2D eigenvalue weighted by molar-refractivity contribution is -0.118. The zero-order chi connectivity index (χ0) is 20.4. The molecule has 29 heavy (non-hydrogen) atoms. The Morgan fingerprint density at radius 1 is 1.21 bits per heavy atom. The van der Waals surface area contributed by atoms with Crippen LogP contribution in [0.3, 0.4) is 0 Å². The summed E-state index contributed by atoms with van der Waals surface area (Å²) in [6.07, 6.45) is 3.63. The summed E-state index contributed by atoms with van der Waals surface area (Å²) in [4.78, 5) is 26.7. The molecule has 0 saturated carbocycles. The molecule has 1 aliphatic rings. The van der Waals surface area contributed by atoms with Crippen molar-refractivity contribution in [3.63, 3.8) is 0 Å². The van der Waals surface area contributed by atoms with Gasteiger partial charge in [-0.2, -0.15) is 0 Å². The summed E-state index contributed by atoms with van der Waals surface area (Å²) in [5.74, 6) is 1.22. The van der Waals surface area contributed by atoms with E-state index in [2.05, 4.69) is 24.3 Å². The Bertz CT molecular complexity index is 1020. The molecule has 0 saturated heterocycles. The normalized spacial score (nSPS) is 13.6. The van der Waals surface area contributed by atoms with Gasteiger partial charge in [0.1, 0.15) is 0 Å². The number of hydrogen-bond donors (Lipinski definition) is 1. The van der Waals surface area contributed by atoms with Crippen molar-refractivity contribution < 1.29 is 18.5 Å². The highest BCUT2D eigenvalue weighted by Crippen LogP contribution is 2.31. The maximum absolute atomic E-state index is 12.5. The Balaban J connectivity index is 1.49. The molecule has 3 aromatic rings. The Labute approximate surface area is 168 Å². The van der Waals surface area contributed by atoms with Gasteiger partial charge in [0.15, 0.2) is 11.5 Å². The molecule has 2 amide bonds. The Morgan fingerprint density at radius 3 is 2.83 bits per heavy atom. The molecule has 1 aromatic carbocycles. The first-order valence-electron chi connectivity index (χ1n) is 9.76. The molecular formula is C22H23N3O4. The van der Waals surface area contributed by atoms with Crippen LogP contribution in [-0.2, 0) is 11.2 Å². The standard InChI is InChI=1S/C22H23N3O4/c1-14(2)9-10-25-18-7-6-16(12-15(18)5-8-21(25)26)23-22(27)17-13-20(29-24-17)19-4-3-11-28-19/h3-4,6-7,11-14H,5,8-10H2,1-2H3,(H,23,27). The van der Waals surface area contributed by atoms with Crippen LogP contribution in [0.25, 0.3) is 11.5 Å². The van der Waals surface area contributed by atoms with Crippen molar-refractivity contribution in [2.24, 2.45) is 5.92 Å². The lowest BCUT2D eigenvalue weighted by Crippen LogP contribution is -2.36. The summed E-state index contributed by atoms with van der Waals surface area (Å²) < 4.78 is 10.4. The van der Waals surface area contributed by atoms with Crippen molar-refractivity contribution in [1.82, 2.24) is 5.16 Å². The number of fused-ring (bicyclic) bond motifs is 1. The van der Waals surface area contributed by atoms with Crippen molar-refractivity contribution in [2.75, 3.05) is 16.8 Å². The average molecular weight is 393 g/mol. The van der Waals surface area contributed by atoms with Gasteiger partial charge in [0.2, 0.25) is 11.7 Å². The van der Waals surface area contributed by atoms with E-state index >= 15 is 0 Å². The fourth-order valence-corrected chi connectivity index (χ4v) is 3.38. The number of aryl methyl sites for hydroxylation is 1. The zero-order valence-electron chi connectivity index (χ0n) is 16.5. The number of hydrogen-bond acceptors (Lipinski definition) is 5. The SMILES string of the molecule is CC(C)CCN1C(=O)CCc2cc(NC(=O)c3cc(-c4ccco4)on3)ccc21. The molecule has 7 heteroatoms. The summed E-state index contributed by atoms with van der Waals surface area (Å²) in [6, 6.07) is 10.6. The van der Waals surface area contributed by atoms with Gasteiger partial charge in [-0.25, -0.2) is 0 Å². The van der Waals surface area contributed by atoms with E-state index in [0.717, 1.165) is 17.7 Å². The summed E-state index contributed by atoms with van der Waals surface area (Å²) in [5.41, 5.74) is 2.82. The third-order valence-corrected chi connectivity index (χ3v) is 4.97. The second-order valence-corrected chi connectivity index (χ2v) is 7.58. The number of nitrogens with one attached hydrogen (secondary N) is 1. The number of furan rings is 1. The van der Waals surface area contributed by atoms with E-state index in [0.29, 0.717) is 42.5 Å². The van der Waals surface area contributed by atoms with Crippen LogP contribution >= 0.6 is 0 Å². The first-order valence-corrected chi connectivity index (χ1v) is 9.76. The zero-order valence-corrected chi connectivity index (χ0v) is 16.5. The van der Waals surface area contributed by atoms with Crippen LogP contribution in [-0.4, -0.2) is 23.5 Å². The molecule has 3 heterocycles. The van der Waals surface area contributed by atoms with Crippen molar-refractivity contribution in [3.8, 4) is 11.5 Å². The van der Waals surface area contributed by atoms with Gasteiger partial charge < -0.3 is 19.2 Å². The Kier molecular flexibility index (Phi) is 5.20. The number of carbonyl (C=O) groups excluding carboxylic acids is 2. The van der Waals surface area contributed by atoms with Crippen LogP contribution in [0.15, 0.2) is 51.6 Å². The van der Waals surface area contributed by atoms with E-state index in [1.54, 1.807) is 18.2 Å². The van der Waals surface area contributed by atoms with Crippen molar-refractivity contribution in [3.05, 3.63) is 53.9 Å². The molecule has 2 aromatic heterocycles. The smallest absolute Gasteiger partial charge is 0.277 e. The molecule has 0 atom stereocenters. The summed E-state index contributed by atoms with van der Waals surface area (Å²) in [6.45, 7) is 5.01. The average Bonchev–Trinajstić information content (AvgIpc) is 3.38. The van der Waals surface area contributed by atoms with Gasteiger partial charge in [-0.15, -0.1) is 0 Å². The molecule has 1 N–H and O–H groups in total. The van der Waals surface area contributed by atoms with Gasteiger partial charge in [-0.05, 0) is 54.7 Å². The number of anilines is 2. The second kappa shape index (κ2) is 7.95. The highest BCUT2D eigenvalue weighted by Gasteiger charge is 2.24. The second-order valence-electron chi connectivity index (χ2n) is 7.58. The lowest BCUT2D eigenvalue weighted by atomic mass is 9.99. The molecule has 150 valence electrons. The van der Waals surface area contributed by atoms with E-state index in [-0.39, 0.29) is 17.5 Å². The predicted octanol–water partition coefficient (Wildman–Crippen LogP) is 4.51. The minimum Gasteiger partial charge on any atom is -0.461 e. The van der Waals surface area contributed by atoms with E-state index in [4.69, 9.17) is 8.94 Å². The van der Waals surface area contributed by atoms with Crippen LogP contribution in [0.5, 0.6) is 0 Å². The quantitative estimate of drug-likeness (QED) is 0.665. The molecule has 1 aliphatic heterocycles. The molecule has 0 spiro atoms. The first-order chi connectivity index (χ1) is 14.0. The molecule has 0 unspecified atom stereocenters. The van der Waals surface area contributed by atoms with Crippen LogP contribution in [0.4, 0.5) is 11.4 Å². The number of rotatable bonds is 6. The van der Waals surface area contributed by atoms with Gasteiger partial charge in [-0.1, -0.05) is 19.0 Å². The molecule has 0 fully saturated rings. The molecular weight excluding hydrogens is 370 g/mol. The fourth-order valence-electron chi connectivity index (χ4n) is 3.38. The maximum atomic E-state index is 12.5. The summed E-state index contributed by atoms with van der Waals surface area (Å²) in [5, 5.41) is 6.67. The van der Waals surface area contributed by atoms with E-state index < -0.39 is 0 Å². The molecule has 7 nitrogen and oxygen atoms in total. The van der Waals surface area contributed by atoms with Gasteiger partial charge >= 0.3 is 0 Å². The van der Waals surface area contributed by atoms with Crippen LogP contribution in [0.1, 0.15) is 42.7 Å². The largest absolute Gasteiger partial charge is 0.461 e. The third-order valence-electron chi connectivity index (χ3n) is 4.97. The monoisotopic (exact) mass is 393 g/mol. The number of nitrogens with zero attached hydrogens (tertiary/aromatic N) is 2. The van der Waals surface area contributed by atoms with E-state index in [9.17, 15) is 9.59 Å². The van der Waals surface area contributed by atoms with Crippen LogP contribution in [0, 0.1) is 5.92 Å². The van der Waals surface area contributed by atoms with Crippen molar-refractivity contribution in [2.45, 2.75) is 33.1 Å². The first kappa shape index (κ1) is 19.0. The minimum atomic E-state index is -0.366. The van der Waals surface area contributed by atoms with Crippen LogP contribution in [0.2, 0.25) is 0 Å². The molecule has 0 radical (unpaired) electrons. The number of carbonyl (C=O) groups is 2. The minimum absolute atomic E-state index is 0.156. The van der Waals surface area contributed by atoms with Crippen molar-refractivity contribution in [1.29, 1.82) is 0 Å². The Morgan fingerprint density at radius 2 is 2.07 bits per heavy atom. The van der Waals surface area contributed by atoms with Crippen LogP contribution < -0.4 is 10.2 Å². The predicted molar refractivity (Wildman–Crippen MR) is 109 cm³/mol. The topological polar surface area (TPSA) is 88.6 Å². The molecule has 0 aliphatic carbocycles. The Hall–Kier alpha value is -3.35. The fraction of sp³-hybridized carbons (Fsp3) is 0.318. The summed E-state index contributed by atoms with van der Waals surface area (Å²) >= 11 is 0. The number of amides is 2. The van der Waals surface area contributed by atoms with E-state index in [1.807, 2.05) is 23.1 Å². The summed E-state index contributed by atoms with van der Waals surface area (Å²) in [7, 11) is 0. The maximum Gasteiger partial charge on any atom is 0.277 e. The number of benzene rings is 1. The highest BCUT2D eigenvalue weighted by atomic mass is 16.5. The third kappa shape index (κ3) is 4.08. The van der Waals surface area contributed by atoms with Gasteiger partial charge in [0, 0.05) is 30.4 Å². The lowest BCUT2D eigenvalue weighted by Gasteiger charge is -2.30. The highest BCUT2D eigenvalue weighted by molar-refractivity contribution is 6.04. The van der Waals surface area contributed by atoms with E-state index in [1.165, 1.54) is 6.26 Å². The van der Waals surface area contributed by atoms with Gasteiger partial charge in [0.05, 0.1) is 6.26 Å². The van der Waals surface area contributed by atoms with Gasteiger partial charge in [-0.3, -0.25) is 9.59 Å².